The zero-order chi connectivity index (χ0) is 15.9. The minimum absolute atomic E-state index is 0.0641. The maximum absolute atomic E-state index is 11.8. The van der Waals surface area contributed by atoms with Gasteiger partial charge in [0.1, 0.15) is 12.4 Å². The highest BCUT2D eigenvalue weighted by Gasteiger charge is 2.07. The second-order valence-corrected chi connectivity index (χ2v) is 4.43. The van der Waals surface area contributed by atoms with Gasteiger partial charge in [-0.2, -0.15) is 0 Å². The zero-order valence-electron chi connectivity index (χ0n) is 11.8. The fourth-order valence-electron chi connectivity index (χ4n) is 1.94. The van der Waals surface area contributed by atoms with Crippen molar-refractivity contribution >= 4 is 28.5 Å². The van der Waals surface area contributed by atoms with Crippen LogP contribution < -0.4 is 10.6 Å². The molecule has 0 spiro atoms. The Kier molecular flexibility index (Phi) is 4.98. The molecular weight excluding hydrogens is 284 g/mol. The number of phenolic OH excluding ortho intramolecular Hbond substituents is 1. The van der Waals surface area contributed by atoms with Crippen LogP contribution in [0.4, 0.5) is 10.5 Å². The molecule has 0 saturated carbocycles. The van der Waals surface area contributed by atoms with Gasteiger partial charge in [0.05, 0.1) is 12.2 Å². The second-order valence-electron chi connectivity index (χ2n) is 4.43. The summed E-state index contributed by atoms with van der Waals surface area (Å²) in [4.78, 5) is 22.6. The third kappa shape index (κ3) is 3.76. The highest BCUT2D eigenvalue weighted by molar-refractivity contribution is 6.03. The zero-order valence-corrected chi connectivity index (χ0v) is 11.8. The fourth-order valence-corrected chi connectivity index (χ4v) is 1.94. The van der Waals surface area contributed by atoms with Gasteiger partial charge in [0.15, 0.2) is 0 Å². The van der Waals surface area contributed by atoms with E-state index < -0.39 is 12.0 Å². The molecule has 0 aromatic heterocycles. The molecule has 2 amide bonds. The topological polar surface area (TPSA) is 87.7 Å². The smallest absolute Gasteiger partial charge is 0.330 e. The van der Waals surface area contributed by atoms with E-state index in [0.29, 0.717) is 11.1 Å². The van der Waals surface area contributed by atoms with E-state index in [1.807, 2.05) is 0 Å². The molecule has 0 aliphatic heterocycles. The van der Waals surface area contributed by atoms with Crippen LogP contribution in [-0.2, 0) is 9.53 Å². The minimum atomic E-state index is -0.535. The van der Waals surface area contributed by atoms with Crippen molar-refractivity contribution in [3.05, 3.63) is 49.1 Å². The van der Waals surface area contributed by atoms with E-state index in [2.05, 4.69) is 17.2 Å². The summed E-state index contributed by atoms with van der Waals surface area (Å²) in [6, 6.07) is 9.91. The van der Waals surface area contributed by atoms with Crippen LogP contribution in [0.5, 0.6) is 5.75 Å². The normalized spacial score (nSPS) is 10.0. The molecular formula is C16H16N2O4. The number of amides is 2. The molecule has 2 aromatic rings. The summed E-state index contributed by atoms with van der Waals surface area (Å²) in [5.74, 6) is -0.385. The molecule has 0 radical (unpaired) electrons. The molecule has 0 aliphatic carbocycles. The number of hydrogen-bond donors (Lipinski definition) is 3. The van der Waals surface area contributed by atoms with Gasteiger partial charge in [-0.25, -0.2) is 9.59 Å². The molecule has 6 nitrogen and oxygen atoms in total. The first-order valence-corrected chi connectivity index (χ1v) is 6.66. The first-order chi connectivity index (χ1) is 10.6. The van der Waals surface area contributed by atoms with Crippen LogP contribution in [-0.4, -0.2) is 30.3 Å². The summed E-state index contributed by atoms with van der Waals surface area (Å²) < 4.78 is 4.75. The van der Waals surface area contributed by atoms with Crippen molar-refractivity contribution in [1.29, 1.82) is 0 Å². The standard InChI is InChI=1S/C16H16N2O4/c1-2-15(20)22-10-9-17-16(21)18-13-7-3-6-12-11(13)5-4-8-14(12)19/h2-8,19H,1,9-10H2,(H2,17,18,21). The Bertz CT molecular complexity index is 712. The van der Waals surface area contributed by atoms with E-state index in [4.69, 9.17) is 4.74 Å². The number of rotatable bonds is 5. The Hall–Kier alpha value is -3.02. The van der Waals surface area contributed by atoms with Crippen molar-refractivity contribution in [1.82, 2.24) is 5.32 Å². The number of aromatic hydroxyl groups is 1. The molecule has 0 heterocycles. The Balaban J connectivity index is 1.96. The lowest BCUT2D eigenvalue weighted by Gasteiger charge is -2.10. The van der Waals surface area contributed by atoms with Gasteiger partial charge in [0.2, 0.25) is 0 Å². The SMILES string of the molecule is C=CC(=O)OCCNC(=O)Nc1cccc2c(O)cccc12. The summed E-state index contributed by atoms with van der Waals surface area (Å²) in [6.45, 7) is 3.52. The van der Waals surface area contributed by atoms with Crippen LogP contribution in [0.2, 0.25) is 0 Å². The average Bonchev–Trinajstić information content (AvgIpc) is 2.52. The average molecular weight is 300 g/mol. The van der Waals surface area contributed by atoms with Gasteiger partial charge in [-0.1, -0.05) is 30.8 Å². The lowest BCUT2D eigenvalue weighted by Crippen LogP contribution is -2.32. The van der Waals surface area contributed by atoms with Crippen molar-refractivity contribution in [2.75, 3.05) is 18.5 Å². The summed E-state index contributed by atoms with van der Waals surface area (Å²) in [5, 5.41) is 16.4. The first kappa shape index (κ1) is 15.4. The van der Waals surface area contributed by atoms with Gasteiger partial charge >= 0.3 is 12.0 Å². The Labute approximate surface area is 127 Å². The van der Waals surface area contributed by atoms with E-state index >= 15 is 0 Å². The number of fused-ring (bicyclic) bond motifs is 1. The molecule has 0 aliphatic rings. The number of benzene rings is 2. The largest absolute Gasteiger partial charge is 0.507 e. The number of carbonyl (C=O) groups excluding carboxylic acids is 2. The minimum Gasteiger partial charge on any atom is -0.507 e. The van der Waals surface area contributed by atoms with E-state index in [-0.39, 0.29) is 18.9 Å². The van der Waals surface area contributed by atoms with Gasteiger partial charge in [-0.15, -0.1) is 0 Å². The molecule has 0 atom stereocenters. The van der Waals surface area contributed by atoms with Crippen molar-refractivity contribution in [3.63, 3.8) is 0 Å². The summed E-state index contributed by atoms with van der Waals surface area (Å²) in [5.41, 5.74) is 0.578. The highest BCUT2D eigenvalue weighted by Crippen LogP contribution is 2.29. The molecule has 22 heavy (non-hydrogen) atoms. The molecule has 0 unspecified atom stereocenters. The summed E-state index contributed by atoms with van der Waals surface area (Å²) in [6.07, 6.45) is 1.06. The predicted molar refractivity (Wildman–Crippen MR) is 83.8 cm³/mol. The Morgan fingerprint density at radius 3 is 2.68 bits per heavy atom. The number of ether oxygens (including phenoxy) is 1. The number of carbonyl (C=O) groups is 2. The fraction of sp³-hybridized carbons (Fsp3) is 0.125. The van der Waals surface area contributed by atoms with Gasteiger partial charge < -0.3 is 20.5 Å². The van der Waals surface area contributed by atoms with Gasteiger partial charge in [0, 0.05) is 16.8 Å². The Morgan fingerprint density at radius 1 is 1.18 bits per heavy atom. The van der Waals surface area contributed by atoms with Gasteiger partial charge in [0.25, 0.3) is 0 Å². The van der Waals surface area contributed by atoms with Crippen LogP contribution in [0.15, 0.2) is 49.1 Å². The Morgan fingerprint density at radius 2 is 1.91 bits per heavy atom. The maximum Gasteiger partial charge on any atom is 0.330 e. The van der Waals surface area contributed by atoms with Crippen LogP contribution in [0.3, 0.4) is 0 Å². The number of nitrogens with one attached hydrogen (secondary N) is 2. The summed E-state index contributed by atoms with van der Waals surface area (Å²) >= 11 is 0. The molecule has 3 N–H and O–H groups in total. The highest BCUT2D eigenvalue weighted by atomic mass is 16.5. The first-order valence-electron chi connectivity index (χ1n) is 6.66. The lowest BCUT2D eigenvalue weighted by atomic mass is 10.1. The number of phenols is 1. The van der Waals surface area contributed by atoms with Crippen LogP contribution in [0, 0.1) is 0 Å². The third-order valence-electron chi connectivity index (χ3n) is 2.95. The number of esters is 1. The van der Waals surface area contributed by atoms with E-state index in [1.165, 1.54) is 0 Å². The van der Waals surface area contributed by atoms with Crippen LogP contribution in [0.1, 0.15) is 0 Å². The van der Waals surface area contributed by atoms with Gasteiger partial charge in [-0.3, -0.25) is 0 Å². The van der Waals surface area contributed by atoms with Crippen molar-refractivity contribution in [2.24, 2.45) is 0 Å². The van der Waals surface area contributed by atoms with E-state index in [9.17, 15) is 14.7 Å². The third-order valence-corrected chi connectivity index (χ3v) is 2.95. The predicted octanol–water partition coefficient (Wildman–Crippen LogP) is 2.40. The number of anilines is 1. The summed E-state index contributed by atoms with van der Waals surface area (Å²) in [7, 11) is 0. The second kappa shape index (κ2) is 7.12. The van der Waals surface area contributed by atoms with Crippen molar-refractivity contribution in [3.8, 4) is 5.75 Å². The number of urea groups is 1. The van der Waals surface area contributed by atoms with E-state index in [0.717, 1.165) is 11.5 Å². The van der Waals surface area contributed by atoms with Crippen LogP contribution >= 0.6 is 0 Å². The molecule has 114 valence electrons. The van der Waals surface area contributed by atoms with Crippen molar-refractivity contribution < 1.29 is 19.4 Å². The number of hydrogen-bond acceptors (Lipinski definition) is 4. The quantitative estimate of drug-likeness (QED) is 0.449. The molecule has 0 saturated heterocycles. The van der Waals surface area contributed by atoms with Crippen molar-refractivity contribution in [2.45, 2.75) is 0 Å². The molecule has 0 bridgehead atoms. The molecule has 6 heteroatoms. The van der Waals surface area contributed by atoms with E-state index in [1.54, 1.807) is 36.4 Å². The lowest BCUT2D eigenvalue weighted by molar-refractivity contribution is -0.137. The molecule has 2 aromatic carbocycles. The molecule has 0 fully saturated rings. The maximum atomic E-state index is 11.8. The monoisotopic (exact) mass is 300 g/mol. The van der Waals surface area contributed by atoms with Gasteiger partial charge in [-0.05, 0) is 12.1 Å². The molecule has 2 rings (SSSR count). The van der Waals surface area contributed by atoms with Crippen LogP contribution in [0.25, 0.3) is 10.8 Å².